The first kappa shape index (κ1) is 17.9. The molecule has 0 amide bonds. The quantitative estimate of drug-likeness (QED) is 0.448. The first-order valence-electron chi connectivity index (χ1n) is 8.67. The number of allylic oxidation sites excluding steroid dienone is 1. The Morgan fingerprint density at radius 1 is 1.12 bits per heavy atom. The number of esters is 1. The molecule has 0 atom stereocenters. The average Bonchev–Trinajstić information content (AvgIpc) is 2.90. The van der Waals surface area contributed by atoms with Gasteiger partial charge in [-0.2, -0.15) is 0 Å². The van der Waals surface area contributed by atoms with Gasteiger partial charge in [-0.05, 0) is 34.8 Å². The van der Waals surface area contributed by atoms with E-state index in [1.807, 2.05) is 12.1 Å². The summed E-state index contributed by atoms with van der Waals surface area (Å²) in [6, 6.07) is 12.9. The summed E-state index contributed by atoms with van der Waals surface area (Å²) in [5.74, 6) is 0.549. The van der Waals surface area contributed by atoms with E-state index in [9.17, 15) is 9.59 Å². The summed E-state index contributed by atoms with van der Waals surface area (Å²) in [7, 11) is 0. The van der Waals surface area contributed by atoms with Gasteiger partial charge in [-0.3, -0.25) is 9.59 Å². The van der Waals surface area contributed by atoms with Crippen molar-refractivity contribution in [3.8, 4) is 11.5 Å². The van der Waals surface area contributed by atoms with Gasteiger partial charge in [0.25, 0.3) is 0 Å². The van der Waals surface area contributed by atoms with Crippen LogP contribution in [0.2, 0.25) is 0 Å². The van der Waals surface area contributed by atoms with E-state index in [0.29, 0.717) is 17.1 Å². The molecule has 0 spiro atoms. The zero-order chi connectivity index (χ0) is 18.9. The molecule has 0 aromatic heterocycles. The highest BCUT2D eigenvalue weighted by atomic mass is 16.5. The van der Waals surface area contributed by atoms with E-state index in [1.165, 1.54) is 5.56 Å². The minimum atomic E-state index is -0.330. The van der Waals surface area contributed by atoms with Crippen LogP contribution in [0, 0.1) is 0 Å². The average molecular weight is 350 g/mol. The third-order valence-electron chi connectivity index (χ3n) is 4.24. The molecule has 0 unspecified atom stereocenters. The van der Waals surface area contributed by atoms with Crippen LogP contribution in [0.1, 0.15) is 55.6 Å². The molecule has 2 aromatic carbocycles. The highest BCUT2D eigenvalue weighted by molar-refractivity contribution is 6.14. The minimum Gasteiger partial charge on any atom is -0.452 e. The molecule has 134 valence electrons. The Morgan fingerprint density at radius 2 is 1.81 bits per heavy atom. The van der Waals surface area contributed by atoms with Gasteiger partial charge in [0.1, 0.15) is 11.5 Å². The maximum atomic E-state index is 12.5. The first-order valence-corrected chi connectivity index (χ1v) is 8.67. The molecule has 0 fully saturated rings. The summed E-state index contributed by atoms with van der Waals surface area (Å²) >= 11 is 0. The summed E-state index contributed by atoms with van der Waals surface area (Å²) in [4.78, 5) is 23.9. The molecule has 0 radical (unpaired) electrons. The Balaban J connectivity index is 1.83. The fourth-order valence-corrected chi connectivity index (χ4v) is 2.67. The van der Waals surface area contributed by atoms with Gasteiger partial charge in [0.05, 0.1) is 5.56 Å². The van der Waals surface area contributed by atoms with Gasteiger partial charge < -0.3 is 9.47 Å². The van der Waals surface area contributed by atoms with Crippen molar-refractivity contribution in [1.82, 2.24) is 0 Å². The lowest BCUT2D eigenvalue weighted by molar-refractivity contribution is -0.134. The van der Waals surface area contributed by atoms with Crippen molar-refractivity contribution in [3.05, 3.63) is 64.9 Å². The van der Waals surface area contributed by atoms with Crippen molar-refractivity contribution in [2.24, 2.45) is 0 Å². The van der Waals surface area contributed by atoms with Gasteiger partial charge in [-0.1, -0.05) is 52.0 Å². The molecule has 1 aliphatic heterocycles. The lowest BCUT2D eigenvalue weighted by Crippen LogP contribution is -2.10. The highest BCUT2D eigenvalue weighted by Crippen LogP contribution is 2.35. The number of benzene rings is 2. The zero-order valence-corrected chi connectivity index (χ0v) is 15.5. The van der Waals surface area contributed by atoms with E-state index < -0.39 is 0 Å². The van der Waals surface area contributed by atoms with Crippen LogP contribution < -0.4 is 9.47 Å². The third kappa shape index (κ3) is 3.69. The number of fused-ring (bicyclic) bond motifs is 1. The molecular weight excluding hydrogens is 328 g/mol. The SMILES string of the molecule is CCC(=O)Oc1ccc2c(c1)O/C(=C\c1ccc(C(C)(C)C)cc1)C2=O. The van der Waals surface area contributed by atoms with Crippen LogP contribution in [-0.4, -0.2) is 11.8 Å². The van der Waals surface area contributed by atoms with Crippen LogP contribution in [0.15, 0.2) is 48.2 Å². The summed E-state index contributed by atoms with van der Waals surface area (Å²) in [5, 5.41) is 0. The van der Waals surface area contributed by atoms with Crippen molar-refractivity contribution in [2.75, 3.05) is 0 Å². The predicted molar refractivity (Wildman–Crippen MR) is 100 cm³/mol. The van der Waals surface area contributed by atoms with E-state index in [4.69, 9.17) is 9.47 Å². The summed E-state index contributed by atoms with van der Waals surface area (Å²) < 4.78 is 10.9. The molecule has 26 heavy (non-hydrogen) atoms. The lowest BCUT2D eigenvalue weighted by atomic mass is 9.86. The van der Waals surface area contributed by atoms with E-state index in [2.05, 4.69) is 32.9 Å². The van der Waals surface area contributed by atoms with Crippen LogP contribution in [0.3, 0.4) is 0 Å². The minimum absolute atomic E-state index is 0.0773. The standard InChI is InChI=1S/C22H22O4/c1-5-20(23)25-16-10-11-17-18(13-16)26-19(21(17)24)12-14-6-8-15(9-7-14)22(2,3)4/h6-13H,5H2,1-4H3/b19-12-. The number of ketones is 1. The summed E-state index contributed by atoms with van der Waals surface area (Å²) in [5.41, 5.74) is 2.67. The highest BCUT2D eigenvalue weighted by Gasteiger charge is 2.28. The molecular formula is C22H22O4. The van der Waals surface area contributed by atoms with E-state index >= 15 is 0 Å². The molecule has 1 aliphatic rings. The molecule has 0 bridgehead atoms. The van der Waals surface area contributed by atoms with E-state index in [0.717, 1.165) is 5.56 Å². The molecule has 0 aliphatic carbocycles. The number of hydrogen-bond acceptors (Lipinski definition) is 4. The van der Waals surface area contributed by atoms with Gasteiger partial charge in [-0.25, -0.2) is 0 Å². The van der Waals surface area contributed by atoms with Crippen molar-refractivity contribution in [1.29, 1.82) is 0 Å². The Labute approximate surface area is 153 Å². The van der Waals surface area contributed by atoms with Gasteiger partial charge in [0, 0.05) is 12.5 Å². The van der Waals surface area contributed by atoms with E-state index in [-0.39, 0.29) is 29.3 Å². The molecule has 2 aromatic rings. The number of rotatable bonds is 3. The number of Topliss-reactive ketones (excluding diaryl/α,β-unsaturated/α-hetero) is 1. The van der Waals surface area contributed by atoms with Crippen molar-refractivity contribution >= 4 is 17.8 Å². The Hall–Kier alpha value is -2.88. The predicted octanol–water partition coefficient (Wildman–Crippen LogP) is 4.92. The molecule has 0 saturated heterocycles. The fraction of sp³-hybridized carbons (Fsp3) is 0.273. The van der Waals surface area contributed by atoms with Crippen LogP contribution in [-0.2, 0) is 10.2 Å². The van der Waals surface area contributed by atoms with Crippen molar-refractivity contribution in [3.63, 3.8) is 0 Å². The smallest absolute Gasteiger partial charge is 0.310 e. The van der Waals surface area contributed by atoms with Crippen LogP contribution >= 0.6 is 0 Å². The largest absolute Gasteiger partial charge is 0.452 e. The number of hydrogen-bond donors (Lipinski definition) is 0. The Kier molecular flexibility index (Phi) is 4.68. The maximum Gasteiger partial charge on any atom is 0.310 e. The van der Waals surface area contributed by atoms with Gasteiger partial charge >= 0.3 is 5.97 Å². The lowest BCUT2D eigenvalue weighted by Gasteiger charge is -2.18. The number of ether oxygens (including phenoxy) is 2. The molecule has 1 heterocycles. The van der Waals surface area contributed by atoms with Crippen LogP contribution in [0.4, 0.5) is 0 Å². The second kappa shape index (κ2) is 6.79. The van der Waals surface area contributed by atoms with Gasteiger partial charge in [0.15, 0.2) is 5.76 Å². The normalized spacial score (nSPS) is 14.9. The molecule has 4 nitrogen and oxygen atoms in total. The van der Waals surface area contributed by atoms with Crippen molar-refractivity contribution < 1.29 is 19.1 Å². The number of carbonyl (C=O) groups is 2. The van der Waals surface area contributed by atoms with Crippen molar-refractivity contribution in [2.45, 2.75) is 39.5 Å². The molecule has 0 N–H and O–H groups in total. The monoisotopic (exact) mass is 350 g/mol. The molecule has 4 heteroatoms. The first-order chi connectivity index (χ1) is 12.3. The second-order valence-electron chi connectivity index (χ2n) is 7.30. The zero-order valence-electron chi connectivity index (χ0n) is 15.5. The number of carbonyl (C=O) groups excluding carboxylic acids is 2. The molecule has 3 rings (SSSR count). The van der Waals surface area contributed by atoms with Gasteiger partial charge in [0.2, 0.25) is 5.78 Å². The molecule has 0 saturated carbocycles. The second-order valence-corrected chi connectivity index (χ2v) is 7.30. The third-order valence-corrected chi connectivity index (χ3v) is 4.24. The Bertz CT molecular complexity index is 883. The summed E-state index contributed by atoms with van der Waals surface area (Å²) in [6.45, 7) is 8.19. The topological polar surface area (TPSA) is 52.6 Å². The van der Waals surface area contributed by atoms with Crippen LogP contribution in [0.5, 0.6) is 11.5 Å². The summed E-state index contributed by atoms with van der Waals surface area (Å²) in [6.07, 6.45) is 2.01. The van der Waals surface area contributed by atoms with E-state index in [1.54, 1.807) is 31.2 Å². The van der Waals surface area contributed by atoms with Gasteiger partial charge in [-0.15, -0.1) is 0 Å². The maximum absolute atomic E-state index is 12.5. The Morgan fingerprint density at radius 3 is 2.42 bits per heavy atom. The van der Waals surface area contributed by atoms with Crippen LogP contribution in [0.25, 0.3) is 6.08 Å². The fourth-order valence-electron chi connectivity index (χ4n) is 2.67.